The average Bonchev–Trinajstić information content (AvgIpc) is 2.58. The zero-order valence-corrected chi connectivity index (χ0v) is 12.3. The van der Waals surface area contributed by atoms with Crippen LogP contribution in [0.1, 0.15) is 16.7 Å². The van der Waals surface area contributed by atoms with Gasteiger partial charge in [-0.15, -0.1) is 0 Å². The van der Waals surface area contributed by atoms with E-state index < -0.39 is 11.6 Å². The summed E-state index contributed by atoms with van der Waals surface area (Å²) >= 11 is 0. The first-order valence-electron chi connectivity index (χ1n) is 7.36. The molecule has 0 fully saturated rings. The number of hydrogen-bond donors (Lipinski definition) is 2. The highest BCUT2D eigenvalue weighted by Gasteiger charge is 2.41. The number of aliphatic hydroxyl groups is 1. The number of rotatable bonds is 4. The third-order valence-electron chi connectivity index (χ3n) is 4.13. The highest BCUT2D eigenvalue weighted by molar-refractivity contribution is 5.51. The van der Waals surface area contributed by atoms with Crippen LogP contribution in [0.5, 0.6) is 0 Å². The van der Waals surface area contributed by atoms with Crippen LogP contribution in [-0.4, -0.2) is 11.3 Å². The molecule has 1 atom stereocenters. The van der Waals surface area contributed by atoms with Gasteiger partial charge in [0.15, 0.2) is 0 Å². The Hall–Kier alpha value is -2.42. The van der Waals surface area contributed by atoms with Gasteiger partial charge in [-0.25, -0.2) is 0 Å². The van der Waals surface area contributed by atoms with E-state index in [0.717, 1.165) is 16.7 Å². The molecule has 3 aromatic rings. The van der Waals surface area contributed by atoms with Gasteiger partial charge in [0.1, 0.15) is 6.23 Å². The van der Waals surface area contributed by atoms with E-state index in [-0.39, 0.29) is 0 Å². The van der Waals surface area contributed by atoms with Crippen LogP contribution in [0.4, 0.5) is 0 Å². The van der Waals surface area contributed by atoms with Crippen molar-refractivity contribution in [3.8, 4) is 0 Å². The lowest BCUT2D eigenvalue weighted by Crippen LogP contribution is -2.47. The van der Waals surface area contributed by atoms with Gasteiger partial charge in [-0.1, -0.05) is 91.0 Å². The Morgan fingerprint density at radius 3 is 1.09 bits per heavy atom. The number of nitrogens with two attached hydrogens (primary N) is 1. The van der Waals surface area contributed by atoms with Crippen LogP contribution in [0.2, 0.25) is 0 Å². The van der Waals surface area contributed by atoms with Crippen LogP contribution < -0.4 is 5.73 Å². The van der Waals surface area contributed by atoms with Crippen LogP contribution in [-0.2, 0) is 5.41 Å². The van der Waals surface area contributed by atoms with Crippen molar-refractivity contribution in [2.45, 2.75) is 11.6 Å². The zero-order chi connectivity index (χ0) is 15.4. The maximum absolute atomic E-state index is 10.6. The fraction of sp³-hybridized carbons (Fsp3) is 0.100. The number of benzene rings is 3. The van der Waals surface area contributed by atoms with Gasteiger partial charge in [-0.05, 0) is 16.7 Å². The first-order chi connectivity index (χ1) is 10.8. The molecule has 0 aliphatic carbocycles. The van der Waals surface area contributed by atoms with Crippen molar-refractivity contribution in [1.29, 1.82) is 0 Å². The largest absolute Gasteiger partial charge is 0.377 e. The Kier molecular flexibility index (Phi) is 4.05. The molecule has 22 heavy (non-hydrogen) atoms. The van der Waals surface area contributed by atoms with Gasteiger partial charge in [0, 0.05) is 0 Å². The second-order valence-corrected chi connectivity index (χ2v) is 5.35. The molecule has 0 amide bonds. The summed E-state index contributed by atoms with van der Waals surface area (Å²) in [6.45, 7) is 0. The zero-order valence-electron chi connectivity index (χ0n) is 12.3. The van der Waals surface area contributed by atoms with E-state index >= 15 is 0 Å². The van der Waals surface area contributed by atoms with Crippen molar-refractivity contribution in [1.82, 2.24) is 0 Å². The van der Waals surface area contributed by atoms with E-state index in [1.165, 1.54) is 0 Å². The third kappa shape index (κ3) is 2.33. The van der Waals surface area contributed by atoms with Gasteiger partial charge in [0.25, 0.3) is 0 Å². The van der Waals surface area contributed by atoms with Crippen LogP contribution in [0, 0.1) is 0 Å². The van der Waals surface area contributed by atoms with E-state index in [1.807, 2.05) is 91.0 Å². The quantitative estimate of drug-likeness (QED) is 0.572. The van der Waals surface area contributed by atoms with Crippen LogP contribution >= 0.6 is 0 Å². The van der Waals surface area contributed by atoms with Crippen LogP contribution in [0.15, 0.2) is 91.0 Å². The van der Waals surface area contributed by atoms with E-state index in [4.69, 9.17) is 5.73 Å². The molecule has 3 N–H and O–H groups in total. The smallest absolute Gasteiger partial charge is 0.120 e. The van der Waals surface area contributed by atoms with Gasteiger partial charge >= 0.3 is 0 Å². The van der Waals surface area contributed by atoms with Gasteiger partial charge in [-0.2, -0.15) is 0 Å². The molecule has 2 heteroatoms. The van der Waals surface area contributed by atoms with Crippen molar-refractivity contribution >= 4 is 0 Å². The maximum atomic E-state index is 10.6. The lowest BCUT2D eigenvalue weighted by atomic mass is 9.68. The normalized spacial score (nSPS) is 12.8. The fourth-order valence-electron chi connectivity index (χ4n) is 3.12. The van der Waals surface area contributed by atoms with Crippen molar-refractivity contribution in [3.63, 3.8) is 0 Å². The number of hydrogen-bond acceptors (Lipinski definition) is 2. The standard InChI is InChI=1S/C20H19NO/c21-19(22)20(16-10-4-1-5-11-16,17-12-6-2-7-13-17)18-14-8-3-9-15-18/h1-15,19,22H,21H2/t19-/m1/s1. The van der Waals surface area contributed by atoms with E-state index in [0.29, 0.717) is 0 Å². The van der Waals surface area contributed by atoms with Crippen molar-refractivity contribution in [3.05, 3.63) is 108 Å². The molecular formula is C20H19NO. The SMILES string of the molecule is N[C@H](O)C(c1ccccc1)(c1ccccc1)c1ccccc1. The minimum absolute atomic E-state index is 0.788. The topological polar surface area (TPSA) is 46.2 Å². The molecule has 2 nitrogen and oxygen atoms in total. The number of aliphatic hydroxyl groups excluding tert-OH is 1. The maximum Gasteiger partial charge on any atom is 0.120 e. The molecule has 0 unspecified atom stereocenters. The van der Waals surface area contributed by atoms with Crippen molar-refractivity contribution in [2.75, 3.05) is 0 Å². The fourth-order valence-corrected chi connectivity index (χ4v) is 3.12. The Morgan fingerprint density at radius 2 is 0.864 bits per heavy atom. The molecule has 0 spiro atoms. The van der Waals surface area contributed by atoms with Gasteiger partial charge < -0.3 is 10.8 Å². The summed E-state index contributed by atoms with van der Waals surface area (Å²) in [5.74, 6) is 0. The molecule has 0 aliphatic heterocycles. The minimum Gasteiger partial charge on any atom is -0.377 e. The molecule has 0 heterocycles. The second-order valence-electron chi connectivity index (χ2n) is 5.35. The summed E-state index contributed by atoms with van der Waals surface area (Å²) in [4.78, 5) is 0. The first-order valence-corrected chi connectivity index (χ1v) is 7.36. The monoisotopic (exact) mass is 289 g/mol. The van der Waals surface area contributed by atoms with Gasteiger partial charge in [-0.3, -0.25) is 0 Å². The average molecular weight is 289 g/mol. The predicted octanol–water partition coefficient (Wildman–Crippen LogP) is 3.30. The Bertz CT molecular complexity index is 612. The van der Waals surface area contributed by atoms with Gasteiger partial charge in [0.2, 0.25) is 0 Å². The Balaban J connectivity index is 2.34. The Labute approximate surface area is 130 Å². The highest BCUT2D eigenvalue weighted by atomic mass is 16.3. The highest BCUT2D eigenvalue weighted by Crippen LogP contribution is 2.40. The van der Waals surface area contributed by atoms with E-state index in [1.54, 1.807) is 0 Å². The Morgan fingerprint density at radius 1 is 0.591 bits per heavy atom. The lowest BCUT2D eigenvalue weighted by molar-refractivity contribution is 0.128. The van der Waals surface area contributed by atoms with E-state index in [9.17, 15) is 5.11 Å². The molecule has 0 saturated carbocycles. The second kappa shape index (κ2) is 6.14. The lowest BCUT2D eigenvalue weighted by Gasteiger charge is -2.38. The minimum atomic E-state index is -1.06. The van der Waals surface area contributed by atoms with Crippen LogP contribution in [0.3, 0.4) is 0 Å². The summed E-state index contributed by atoms with van der Waals surface area (Å²) < 4.78 is 0. The van der Waals surface area contributed by atoms with E-state index in [2.05, 4.69) is 0 Å². The van der Waals surface area contributed by atoms with Crippen LogP contribution in [0.25, 0.3) is 0 Å². The molecule has 0 radical (unpaired) electrons. The first kappa shape index (κ1) is 14.5. The molecule has 0 bridgehead atoms. The summed E-state index contributed by atoms with van der Waals surface area (Å²) in [5.41, 5.74) is 8.26. The summed E-state index contributed by atoms with van der Waals surface area (Å²) in [7, 11) is 0. The van der Waals surface area contributed by atoms with Crippen molar-refractivity contribution in [2.24, 2.45) is 5.73 Å². The molecule has 0 saturated heterocycles. The van der Waals surface area contributed by atoms with Crippen molar-refractivity contribution < 1.29 is 5.11 Å². The molecular weight excluding hydrogens is 270 g/mol. The third-order valence-corrected chi connectivity index (χ3v) is 4.13. The molecule has 0 aromatic heterocycles. The van der Waals surface area contributed by atoms with Gasteiger partial charge in [0.05, 0.1) is 5.41 Å². The molecule has 0 aliphatic rings. The summed E-state index contributed by atoms with van der Waals surface area (Å²) in [5, 5.41) is 10.6. The summed E-state index contributed by atoms with van der Waals surface area (Å²) in [6.07, 6.45) is -1.06. The molecule has 3 rings (SSSR count). The predicted molar refractivity (Wildman–Crippen MR) is 89.4 cm³/mol. The molecule has 110 valence electrons. The molecule has 3 aromatic carbocycles. The summed E-state index contributed by atoms with van der Waals surface area (Å²) in [6, 6.07) is 29.8.